The molecule has 0 radical (unpaired) electrons. The first kappa shape index (κ1) is 24.3. The van der Waals surface area contributed by atoms with E-state index in [-0.39, 0.29) is 24.0 Å². The first-order valence-corrected chi connectivity index (χ1v) is 12.9. The first-order valence-electron chi connectivity index (χ1n) is 12.9. The Morgan fingerprint density at radius 2 is 1.92 bits per heavy atom. The number of carbonyl (C=O) groups excluding carboxylic acids is 1. The molecule has 1 unspecified atom stereocenters. The van der Waals surface area contributed by atoms with E-state index in [4.69, 9.17) is 19.0 Å². The molecule has 6 rings (SSSR count). The molecule has 4 N–H and O–H groups in total. The van der Waals surface area contributed by atoms with Crippen molar-refractivity contribution in [3.05, 3.63) is 52.2 Å². The summed E-state index contributed by atoms with van der Waals surface area (Å²) in [7, 11) is 1.67. The number of aromatic amines is 2. The van der Waals surface area contributed by atoms with E-state index in [0.29, 0.717) is 24.7 Å². The summed E-state index contributed by atoms with van der Waals surface area (Å²) in [6.07, 6.45) is -0.159. The third kappa shape index (κ3) is 3.87. The molecule has 0 bridgehead atoms. The average Bonchev–Trinajstić information content (AvgIpc) is 3.54. The SMILES string of the molecule is COc1cc2c3c([nH]c2cc1-c1c(C)noc1C)NC(C)N=C3c1cc(C(=O)NC2COC2)[nH]c1C(C)C. The third-order valence-corrected chi connectivity index (χ3v) is 7.23. The molecule has 4 aromatic rings. The zero-order valence-electron chi connectivity index (χ0n) is 22.4. The fourth-order valence-electron chi connectivity index (χ4n) is 5.34. The van der Waals surface area contributed by atoms with Crippen LogP contribution in [0.4, 0.5) is 5.82 Å². The highest BCUT2D eigenvalue weighted by atomic mass is 16.5. The van der Waals surface area contributed by atoms with Crippen LogP contribution in [0.2, 0.25) is 0 Å². The summed E-state index contributed by atoms with van der Waals surface area (Å²) in [5.41, 5.74) is 7.74. The number of anilines is 1. The van der Waals surface area contributed by atoms with Crippen molar-refractivity contribution in [1.82, 2.24) is 20.4 Å². The number of aromatic nitrogens is 3. The molecule has 2 aliphatic heterocycles. The van der Waals surface area contributed by atoms with E-state index in [9.17, 15) is 4.79 Å². The van der Waals surface area contributed by atoms with Gasteiger partial charge in [0.05, 0.1) is 48.9 Å². The molecule has 198 valence electrons. The summed E-state index contributed by atoms with van der Waals surface area (Å²) in [5.74, 6) is 2.34. The van der Waals surface area contributed by atoms with Crippen molar-refractivity contribution in [3.63, 3.8) is 0 Å². The van der Waals surface area contributed by atoms with Gasteiger partial charge in [0, 0.05) is 27.7 Å². The number of benzene rings is 1. The van der Waals surface area contributed by atoms with Crippen LogP contribution in [0.1, 0.15) is 65.5 Å². The van der Waals surface area contributed by atoms with Gasteiger partial charge in [-0.25, -0.2) is 0 Å². The van der Waals surface area contributed by atoms with Crippen molar-refractivity contribution >= 4 is 28.3 Å². The van der Waals surface area contributed by atoms with Gasteiger partial charge in [0.1, 0.15) is 29.2 Å². The number of hydrogen-bond acceptors (Lipinski definition) is 7. The molecule has 1 amide bonds. The number of methoxy groups -OCH3 is 1. The van der Waals surface area contributed by atoms with Gasteiger partial charge < -0.3 is 34.6 Å². The maximum atomic E-state index is 13.0. The van der Waals surface area contributed by atoms with E-state index in [1.54, 1.807) is 7.11 Å². The Bertz CT molecular complexity index is 1570. The minimum absolute atomic E-state index is 0.0487. The van der Waals surface area contributed by atoms with Crippen LogP contribution in [0.3, 0.4) is 0 Å². The number of amides is 1. The largest absolute Gasteiger partial charge is 0.496 e. The minimum Gasteiger partial charge on any atom is -0.496 e. The number of rotatable bonds is 6. The standard InChI is InChI=1S/C28H32N6O4/c1-12(2)25-19(8-21(32-25)28(35)31-16-10-37-11-16)26-24-17-9-22(36-6)18(23-13(3)34-38-14(23)4)7-20(17)33-27(24)30-15(5)29-26/h7-9,12,15-16,30,32-33H,10-11H2,1-6H3,(H,31,35). The van der Waals surface area contributed by atoms with Gasteiger partial charge in [0.15, 0.2) is 0 Å². The minimum atomic E-state index is -0.159. The molecule has 1 aromatic carbocycles. The molecule has 5 heterocycles. The number of ether oxygens (including phenoxy) is 2. The second-order valence-electron chi connectivity index (χ2n) is 10.3. The van der Waals surface area contributed by atoms with E-state index in [1.165, 1.54) is 0 Å². The molecule has 1 saturated heterocycles. The van der Waals surface area contributed by atoms with Crippen molar-refractivity contribution in [2.75, 3.05) is 25.6 Å². The lowest BCUT2D eigenvalue weighted by atomic mass is 9.94. The summed E-state index contributed by atoms with van der Waals surface area (Å²) in [6.45, 7) is 11.1. The van der Waals surface area contributed by atoms with Crippen molar-refractivity contribution < 1.29 is 18.8 Å². The molecule has 0 saturated carbocycles. The van der Waals surface area contributed by atoms with E-state index in [1.807, 2.05) is 32.9 Å². The molecule has 3 aromatic heterocycles. The van der Waals surface area contributed by atoms with Crippen molar-refractivity contribution in [2.45, 2.75) is 52.7 Å². The van der Waals surface area contributed by atoms with Crippen LogP contribution in [0.25, 0.3) is 22.0 Å². The van der Waals surface area contributed by atoms with Crippen LogP contribution < -0.4 is 15.4 Å². The topological polar surface area (TPSA) is 130 Å². The maximum Gasteiger partial charge on any atom is 0.268 e. The van der Waals surface area contributed by atoms with Crippen LogP contribution >= 0.6 is 0 Å². The predicted octanol–water partition coefficient (Wildman–Crippen LogP) is 4.64. The zero-order chi connectivity index (χ0) is 26.7. The lowest BCUT2D eigenvalue weighted by Crippen LogP contribution is -2.48. The smallest absolute Gasteiger partial charge is 0.268 e. The summed E-state index contributed by atoms with van der Waals surface area (Å²) in [4.78, 5) is 24.9. The quantitative estimate of drug-likeness (QED) is 0.296. The highest BCUT2D eigenvalue weighted by molar-refractivity contribution is 6.25. The van der Waals surface area contributed by atoms with Crippen LogP contribution in [0.5, 0.6) is 5.75 Å². The van der Waals surface area contributed by atoms with E-state index in [2.05, 4.69) is 45.7 Å². The molecule has 38 heavy (non-hydrogen) atoms. The second kappa shape index (κ2) is 9.05. The summed E-state index contributed by atoms with van der Waals surface area (Å²) in [6, 6.07) is 6.07. The van der Waals surface area contributed by atoms with Crippen molar-refractivity contribution in [1.29, 1.82) is 0 Å². The van der Waals surface area contributed by atoms with Gasteiger partial charge in [0.2, 0.25) is 0 Å². The molecule has 2 aliphatic rings. The van der Waals surface area contributed by atoms with Gasteiger partial charge in [-0.15, -0.1) is 0 Å². The fraction of sp³-hybridized carbons (Fsp3) is 0.393. The van der Waals surface area contributed by atoms with E-state index >= 15 is 0 Å². The predicted molar refractivity (Wildman–Crippen MR) is 146 cm³/mol. The Morgan fingerprint density at radius 1 is 1.13 bits per heavy atom. The summed E-state index contributed by atoms with van der Waals surface area (Å²) >= 11 is 0. The fourth-order valence-corrected chi connectivity index (χ4v) is 5.34. The van der Waals surface area contributed by atoms with Gasteiger partial charge in [0.25, 0.3) is 5.91 Å². The number of carbonyl (C=O) groups is 1. The van der Waals surface area contributed by atoms with Crippen LogP contribution in [0.15, 0.2) is 27.7 Å². The first-order chi connectivity index (χ1) is 18.2. The molecular formula is C28H32N6O4. The molecule has 10 heteroatoms. The summed E-state index contributed by atoms with van der Waals surface area (Å²) < 4.78 is 16.5. The maximum absolute atomic E-state index is 13.0. The van der Waals surface area contributed by atoms with Gasteiger partial charge in [-0.3, -0.25) is 9.79 Å². The summed E-state index contributed by atoms with van der Waals surface area (Å²) in [5, 5.41) is 11.6. The molecule has 10 nitrogen and oxygen atoms in total. The molecule has 1 fully saturated rings. The Labute approximate surface area is 220 Å². The van der Waals surface area contributed by atoms with Gasteiger partial charge in [-0.2, -0.15) is 0 Å². The van der Waals surface area contributed by atoms with Crippen molar-refractivity contribution in [2.24, 2.45) is 4.99 Å². The van der Waals surface area contributed by atoms with Crippen LogP contribution in [-0.2, 0) is 4.74 Å². The normalized spacial score (nSPS) is 17.2. The average molecular weight is 517 g/mol. The third-order valence-electron chi connectivity index (χ3n) is 7.23. The van der Waals surface area contributed by atoms with Gasteiger partial charge >= 0.3 is 0 Å². The van der Waals surface area contributed by atoms with Crippen molar-refractivity contribution in [3.8, 4) is 16.9 Å². The zero-order valence-corrected chi connectivity index (χ0v) is 22.4. The monoisotopic (exact) mass is 516 g/mol. The number of nitrogens with one attached hydrogen (secondary N) is 4. The van der Waals surface area contributed by atoms with Crippen LogP contribution in [0, 0.1) is 13.8 Å². The number of H-pyrrole nitrogens is 2. The molecule has 1 atom stereocenters. The Hall–Kier alpha value is -4.05. The molecule has 0 spiro atoms. The van der Waals surface area contributed by atoms with Gasteiger partial charge in [-0.05, 0) is 44.9 Å². The van der Waals surface area contributed by atoms with Crippen LogP contribution in [-0.4, -0.2) is 59.3 Å². The highest BCUT2D eigenvalue weighted by Gasteiger charge is 2.30. The number of aryl methyl sites for hydroxylation is 2. The number of hydrogen-bond donors (Lipinski definition) is 4. The number of nitrogens with zero attached hydrogens (tertiary/aromatic N) is 2. The van der Waals surface area contributed by atoms with E-state index < -0.39 is 0 Å². The molecular weight excluding hydrogens is 484 g/mol. The van der Waals surface area contributed by atoms with Gasteiger partial charge in [-0.1, -0.05) is 19.0 Å². The lowest BCUT2D eigenvalue weighted by Gasteiger charge is -2.26. The van der Waals surface area contributed by atoms with E-state index in [0.717, 1.165) is 61.8 Å². The second-order valence-corrected chi connectivity index (χ2v) is 10.3. The molecule has 0 aliphatic carbocycles. The number of aliphatic imine (C=N–C) groups is 1. The lowest BCUT2D eigenvalue weighted by molar-refractivity contribution is -0.00354. The highest BCUT2D eigenvalue weighted by Crippen LogP contribution is 2.42. The Morgan fingerprint density at radius 3 is 2.55 bits per heavy atom. The Balaban J connectivity index is 1.50. The number of fused-ring (bicyclic) bond motifs is 3. The Kier molecular flexibility index (Phi) is 5.79.